The molecule has 18 heavy (non-hydrogen) atoms. The van der Waals surface area contributed by atoms with Gasteiger partial charge in [-0.05, 0) is 30.0 Å². The van der Waals surface area contributed by atoms with Crippen LogP contribution in [0.25, 0.3) is 0 Å². The van der Waals surface area contributed by atoms with E-state index < -0.39 is 0 Å². The Kier molecular flexibility index (Phi) is 3.05. The lowest BCUT2D eigenvalue weighted by molar-refractivity contribution is -0.116. The molecular formula is C14H19FN2O. The molecule has 0 bridgehead atoms. The average Bonchev–Trinajstić information content (AvgIpc) is 2.37. The van der Waals surface area contributed by atoms with Crippen molar-refractivity contribution in [3.63, 3.8) is 0 Å². The Hall–Kier alpha value is -1.58. The molecule has 0 saturated carbocycles. The number of nitrogens with one attached hydrogen (secondary N) is 2. The third kappa shape index (κ3) is 2.47. The van der Waals surface area contributed by atoms with Gasteiger partial charge in [0.15, 0.2) is 0 Å². The van der Waals surface area contributed by atoms with Crippen molar-refractivity contribution in [2.45, 2.75) is 40.2 Å². The fourth-order valence-electron chi connectivity index (χ4n) is 2.05. The smallest absolute Gasteiger partial charge is 0.226 e. The highest BCUT2D eigenvalue weighted by atomic mass is 19.1. The number of anilines is 2. The van der Waals surface area contributed by atoms with E-state index in [-0.39, 0.29) is 23.2 Å². The van der Waals surface area contributed by atoms with Gasteiger partial charge in [0.05, 0.1) is 11.4 Å². The van der Waals surface area contributed by atoms with Crippen LogP contribution in [0.5, 0.6) is 0 Å². The molecule has 0 aliphatic carbocycles. The Balaban J connectivity index is 2.43. The maximum Gasteiger partial charge on any atom is 0.226 e. The van der Waals surface area contributed by atoms with Gasteiger partial charge in [-0.3, -0.25) is 4.79 Å². The summed E-state index contributed by atoms with van der Waals surface area (Å²) in [7, 11) is 0. The largest absolute Gasteiger partial charge is 0.380 e. The molecule has 98 valence electrons. The number of rotatable bonds is 0. The summed E-state index contributed by atoms with van der Waals surface area (Å²) in [4.78, 5) is 11.8. The first-order chi connectivity index (χ1) is 8.27. The molecule has 0 fully saturated rings. The van der Waals surface area contributed by atoms with Crippen LogP contribution < -0.4 is 10.6 Å². The van der Waals surface area contributed by atoms with Crippen LogP contribution in [0, 0.1) is 18.2 Å². The van der Waals surface area contributed by atoms with Crippen molar-refractivity contribution in [2.24, 2.45) is 5.41 Å². The quantitative estimate of drug-likeness (QED) is 0.741. The molecule has 1 aromatic rings. The van der Waals surface area contributed by atoms with E-state index in [1.807, 2.05) is 0 Å². The Morgan fingerprint density at radius 3 is 2.56 bits per heavy atom. The van der Waals surface area contributed by atoms with Gasteiger partial charge in [-0.25, -0.2) is 4.39 Å². The van der Waals surface area contributed by atoms with Crippen molar-refractivity contribution in [1.82, 2.24) is 0 Å². The molecule has 0 spiro atoms. The minimum Gasteiger partial charge on any atom is -0.380 e. The minimum absolute atomic E-state index is 0.0311. The second kappa shape index (κ2) is 4.26. The van der Waals surface area contributed by atoms with Crippen LogP contribution in [0.15, 0.2) is 12.1 Å². The van der Waals surface area contributed by atoms with Gasteiger partial charge in [-0.15, -0.1) is 0 Å². The lowest BCUT2D eigenvalue weighted by Crippen LogP contribution is -2.35. The van der Waals surface area contributed by atoms with E-state index in [1.54, 1.807) is 13.0 Å². The highest BCUT2D eigenvalue weighted by Gasteiger charge is 2.30. The Morgan fingerprint density at radius 1 is 1.28 bits per heavy atom. The summed E-state index contributed by atoms with van der Waals surface area (Å²) >= 11 is 0. The maximum absolute atomic E-state index is 13.5. The monoisotopic (exact) mass is 250 g/mol. The van der Waals surface area contributed by atoms with Crippen molar-refractivity contribution in [1.29, 1.82) is 0 Å². The molecule has 1 aliphatic rings. The van der Waals surface area contributed by atoms with E-state index in [4.69, 9.17) is 0 Å². The standard InChI is InChI=1S/C14H19FN2O/c1-8-5-10-11(6-9(8)15)17-13(18)7-12(16-10)14(2,3)4/h5-6,12,16H,7H2,1-4H3,(H,17,18). The number of hydrogen-bond donors (Lipinski definition) is 2. The second-order valence-corrected chi connectivity index (χ2v) is 5.96. The fourth-order valence-corrected chi connectivity index (χ4v) is 2.05. The molecule has 1 atom stereocenters. The summed E-state index contributed by atoms with van der Waals surface area (Å²) in [5.41, 5.74) is 1.85. The zero-order valence-corrected chi connectivity index (χ0v) is 11.2. The Labute approximate surface area is 107 Å². The van der Waals surface area contributed by atoms with Crippen LogP contribution in [-0.2, 0) is 4.79 Å². The lowest BCUT2D eigenvalue weighted by Gasteiger charge is -2.30. The first-order valence-electron chi connectivity index (χ1n) is 6.14. The van der Waals surface area contributed by atoms with Crippen molar-refractivity contribution in [3.8, 4) is 0 Å². The number of benzene rings is 1. The van der Waals surface area contributed by atoms with Crippen LogP contribution in [-0.4, -0.2) is 11.9 Å². The van der Waals surface area contributed by atoms with E-state index in [9.17, 15) is 9.18 Å². The van der Waals surface area contributed by atoms with E-state index in [1.165, 1.54) is 6.07 Å². The van der Waals surface area contributed by atoms with Crippen molar-refractivity contribution in [2.75, 3.05) is 10.6 Å². The summed E-state index contributed by atoms with van der Waals surface area (Å²) < 4.78 is 13.5. The normalized spacial score (nSPS) is 19.6. The number of carbonyl (C=O) groups excluding carboxylic acids is 1. The van der Waals surface area contributed by atoms with Crippen LogP contribution in [0.1, 0.15) is 32.8 Å². The molecule has 4 heteroatoms. The molecule has 1 unspecified atom stereocenters. The Bertz CT molecular complexity index is 491. The van der Waals surface area contributed by atoms with Crippen LogP contribution in [0.4, 0.5) is 15.8 Å². The van der Waals surface area contributed by atoms with Gasteiger partial charge in [0.25, 0.3) is 0 Å². The van der Waals surface area contributed by atoms with Crippen molar-refractivity contribution >= 4 is 17.3 Å². The minimum atomic E-state index is -0.301. The van der Waals surface area contributed by atoms with Gasteiger partial charge in [0, 0.05) is 12.5 Å². The highest BCUT2D eigenvalue weighted by Crippen LogP contribution is 2.33. The maximum atomic E-state index is 13.5. The SMILES string of the molecule is Cc1cc2c(cc1F)NC(=O)CC(C(C)(C)C)N2. The summed E-state index contributed by atoms with van der Waals surface area (Å²) in [6, 6.07) is 3.15. The van der Waals surface area contributed by atoms with Crippen molar-refractivity contribution < 1.29 is 9.18 Å². The van der Waals surface area contributed by atoms with Gasteiger partial charge in [-0.2, -0.15) is 0 Å². The summed E-state index contributed by atoms with van der Waals surface area (Å²) in [5, 5.41) is 6.10. The number of halogens is 1. The average molecular weight is 250 g/mol. The fraction of sp³-hybridized carbons (Fsp3) is 0.500. The number of carbonyl (C=O) groups is 1. The second-order valence-electron chi connectivity index (χ2n) is 5.96. The first kappa shape index (κ1) is 12.9. The molecular weight excluding hydrogens is 231 g/mol. The molecule has 2 rings (SSSR count). The van der Waals surface area contributed by atoms with Gasteiger partial charge in [0.2, 0.25) is 5.91 Å². The molecule has 1 amide bonds. The number of fused-ring (bicyclic) bond motifs is 1. The topological polar surface area (TPSA) is 41.1 Å². The van der Waals surface area contributed by atoms with E-state index in [0.717, 1.165) is 5.69 Å². The predicted molar refractivity (Wildman–Crippen MR) is 71.2 cm³/mol. The Morgan fingerprint density at radius 2 is 1.94 bits per heavy atom. The van der Waals surface area contributed by atoms with Crippen LogP contribution in [0.3, 0.4) is 0 Å². The summed E-state index contributed by atoms with van der Waals surface area (Å²) in [6.07, 6.45) is 0.388. The molecule has 0 radical (unpaired) electrons. The predicted octanol–water partition coefficient (Wildman–Crippen LogP) is 3.30. The van der Waals surface area contributed by atoms with Gasteiger partial charge >= 0.3 is 0 Å². The van der Waals surface area contributed by atoms with E-state index >= 15 is 0 Å². The molecule has 3 nitrogen and oxygen atoms in total. The third-order valence-corrected chi connectivity index (χ3v) is 3.34. The number of aryl methyl sites for hydroxylation is 1. The molecule has 1 aromatic carbocycles. The third-order valence-electron chi connectivity index (χ3n) is 3.34. The van der Waals surface area contributed by atoms with E-state index in [2.05, 4.69) is 31.4 Å². The highest BCUT2D eigenvalue weighted by molar-refractivity contribution is 5.96. The zero-order valence-electron chi connectivity index (χ0n) is 11.2. The molecule has 0 saturated heterocycles. The van der Waals surface area contributed by atoms with Crippen LogP contribution in [0.2, 0.25) is 0 Å². The zero-order chi connectivity index (χ0) is 13.5. The molecule has 1 aliphatic heterocycles. The number of amides is 1. The number of hydrogen-bond acceptors (Lipinski definition) is 2. The van der Waals surface area contributed by atoms with Gasteiger partial charge < -0.3 is 10.6 Å². The van der Waals surface area contributed by atoms with Gasteiger partial charge in [-0.1, -0.05) is 20.8 Å². The van der Waals surface area contributed by atoms with Gasteiger partial charge in [0.1, 0.15) is 5.82 Å². The molecule has 0 aromatic heterocycles. The van der Waals surface area contributed by atoms with Crippen molar-refractivity contribution in [3.05, 3.63) is 23.5 Å². The lowest BCUT2D eigenvalue weighted by atomic mass is 9.84. The van der Waals surface area contributed by atoms with E-state index in [0.29, 0.717) is 17.7 Å². The first-order valence-corrected chi connectivity index (χ1v) is 6.14. The summed E-state index contributed by atoms with van der Waals surface area (Å²) in [5.74, 6) is -0.380. The summed E-state index contributed by atoms with van der Waals surface area (Å²) in [6.45, 7) is 7.97. The molecule has 1 heterocycles. The van der Waals surface area contributed by atoms with Crippen LogP contribution >= 0.6 is 0 Å². The molecule has 2 N–H and O–H groups in total.